The van der Waals surface area contributed by atoms with Crippen LogP contribution in [0.2, 0.25) is 0 Å². The van der Waals surface area contributed by atoms with Crippen LogP contribution in [0.3, 0.4) is 0 Å². The molecule has 1 aliphatic rings. The van der Waals surface area contributed by atoms with Gasteiger partial charge in [0.2, 0.25) is 0 Å². The highest BCUT2D eigenvalue weighted by Crippen LogP contribution is 2.29. The minimum Gasteiger partial charge on any atom is -0.366 e. The second-order valence-electron chi connectivity index (χ2n) is 6.29. The van der Waals surface area contributed by atoms with Crippen LogP contribution in [0.4, 0.5) is 10.1 Å². The lowest BCUT2D eigenvalue weighted by atomic mass is 9.99. The summed E-state index contributed by atoms with van der Waals surface area (Å²) in [6.07, 6.45) is 1.15. The van der Waals surface area contributed by atoms with Crippen molar-refractivity contribution >= 4 is 21.6 Å². The lowest BCUT2D eigenvalue weighted by Crippen LogP contribution is -2.56. The van der Waals surface area contributed by atoms with Crippen molar-refractivity contribution in [2.75, 3.05) is 18.0 Å². The van der Waals surface area contributed by atoms with E-state index < -0.39 is 0 Å². The standard InChI is InChI=1S/C16H24BrFN2/c1-10(2)5-13-9-20(12(4)8-19-13)16-7-15(18)14(17)6-11(16)3/h6-7,10,12-13,19H,5,8-9H2,1-4H3. The van der Waals surface area contributed by atoms with E-state index in [-0.39, 0.29) is 5.82 Å². The van der Waals surface area contributed by atoms with Gasteiger partial charge < -0.3 is 10.2 Å². The van der Waals surface area contributed by atoms with Gasteiger partial charge in [-0.3, -0.25) is 0 Å². The van der Waals surface area contributed by atoms with Gasteiger partial charge in [0.1, 0.15) is 5.82 Å². The van der Waals surface area contributed by atoms with Gasteiger partial charge in [0.05, 0.1) is 4.47 Å². The third-order valence-electron chi connectivity index (χ3n) is 3.96. The number of benzene rings is 1. The minimum absolute atomic E-state index is 0.184. The SMILES string of the molecule is Cc1cc(Br)c(F)cc1N1CC(CC(C)C)NCC1C. The molecule has 0 aromatic heterocycles. The second-order valence-corrected chi connectivity index (χ2v) is 7.14. The maximum atomic E-state index is 13.9. The van der Waals surface area contributed by atoms with Crippen LogP contribution in [0.25, 0.3) is 0 Å². The molecule has 0 saturated carbocycles. The molecule has 0 radical (unpaired) electrons. The molecule has 0 aliphatic carbocycles. The summed E-state index contributed by atoms with van der Waals surface area (Å²) >= 11 is 3.26. The molecule has 2 rings (SSSR count). The van der Waals surface area contributed by atoms with Crippen LogP contribution in [0.15, 0.2) is 16.6 Å². The van der Waals surface area contributed by atoms with E-state index in [9.17, 15) is 4.39 Å². The number of piperazine rings is 1. The Morgan fingerprint density at radius 1 is 1.45 bits per heavy atom. The third kappa shape index (κ3) is 3.53. The zero-order valence-electron chi connectivity index (χ0n) is 12.7. The van der Waals surface area contributed by atoms with Crippen molar-refractivity contribution in [1.82, 2.24) is 5.32 Å². The Morgan fingerprint density at radius 2 is 2.15 bits per heavy atom. The Balaban J connectivity index is 2.23. The fourth-order valence-electron chi connectivity index (χ4n) is 2.94. The molecule has 1 aromatic rings. The van der Waals surface area contributed by atoms with Gasteiger partial charge >= 0.3 is 0 Å². The number of anilines is 1. The quantitative estimate of drug-likeness (QED) is 0.889. The summed E-state index contributed by atoms with van der Waals surface area (Å²) in [7, 11) is 0. The Morgan fingerprint density at radius 3 is 2.80 bits per heavy atom. The lowest BCUT2D eigenvalue weighted by Gasteiger charge is -2.41. The van der Waals surface area contributed by atoms with Gasteiger partial charge in [-0.05, 0) is 59.8 Å². The molecule has 2 nitrogen and oxygen atoms in total. The number of nitrogens with one attached hydrogen (secondary N) is 1. The molecule has 2 atom stereocenters. The summed E-state index contributed by atoms with van der Waals surface area (Å²) in [6.45, 7) is 10.6. The Bertz CT molecular complexity index is 476. The number of halogens is 2. The van der Waals surface area contributed by atoms with Crippen LogP contribution in [0.5, 0.6) is 0 Å². The molecular weight excluding hydrogens is 319 g/mol. The minimum atomic E-state index is -0.184. The summed E-state index contributed by atoms with van der Waals surface area (Å²) in [5, 5.41) is 3.60. The van der Waals surface area contributed by atoms with Gasteiger partial charge in [-0.15, -0.1) is 0 Å². The van der Waals surface area contributed by atoms with Gasteiger partial charge in [-0.25, -0.2) is 4.39 Å². The van der Waals surface area contributed by atoms with Crippen molar-refractivity contribution in [3.63, 3.8) is 0 Å². The molecule has 112 valence electrons. The zero-order chi connectivity index (χ0) is 14.9. The van der Waals surface area contributed by atoms with Crippen LogP contribution in [-0.2, 0) is 0 Å². The fourth-order valence-corrected chi connectivity index (χ4v) is 3.40. The predicted octanol–water partition coefficient (Wildman–Crippen LogP) is 4.11. The van der Waals surface area contributed by atoms with Gasteiger partial charge in [0.25, 0.3) is 0 Å². The number of rotatable bonds is 3. The summed E-state index contributed by atoms with van der Waals surface area (Å²) < 4.78 is 14.4. The summed E-state index contributed by atoms with van der Waals surface area (Å²) in [5.41, 5.74) is 2.14. The van der Waals surface area contributed by atoms with E-state index in [2.05, 4.69) is 46.9 Å². The molecule has 1 fully saturated rings. The van der Waals surface area contributed by atoms with E-state index in [4.69, 9.17) is 0 Å². The molecule has 0 spiro atoms. The van der Waals surface area contributed by atoms with E-state index in [1.54, 1.807) is 6.07 Å². The normalized spacial score (nSPS) is 23.4. The van der Waals surface area contributed by atoms with Gasteiger partial charge in [0.15, 0.2) is 0 Å². The topological polar surface area (TPSA) is 15.3 Å². The first-order valence-corrected chi connectivity index (χ1v) is 8.13. The largest absolute Gasteiger partial charge is 0.366 e. The predicted molar refractivity (Wildman–Crippen MR) is 86.9 cm³/mol. The first kappa shape index (κ1) is 15.8. The average molecular weight is 343 g/mol. The van der Waals surface area contributed by atoms with Gasteiger partial charge in [0, 0.05) is 30.9 Å². The summed E-state index contributed by atoms with van der Waals surface area (Å²) in [5.74, 6) is 0.488. The Hall–Kier alpha value is -0.610. The summed E-state index contributed by atoms with van der Waals surface area (Å²) in [4.78, 5) is 2.34. The summed E-state index contributed by atoms with van der Waals surface area (Å²) in [6, 6.07) is 4.40. The maximum absolute atomic E-state index is 13.9. The molecule has 1 heterocycles. The number of hydrogen-bond acceptors (Lipinski definition) is 2. The van der Waals surface area contributed by atoms with Crippen LogP contribution in [0.1, 0.15) is 32.8 Å². The van der Waals surface area contributed by atoms with Crippen LogP contribution in [0, 0.1) is 18.7 Å². The third-order valence-corrected chi connectivity index (χ3v) is 4.56. The fraction of sp³-hybridized carbons (Fsp3) is 0.625. The molecule has 0 amide bonds. The molecule has 1 aliphatic heterocycles. The lowest BCUT2D eigenvalue weighted by molar-refractivity contribution is 0.355. The highest BCUT2D eigenvalue weighted by Gasteiger charge is 2.27. The van der Waals surface area contributed by atoms with Gasteiger partial charge in [-0.2, -0.15) is 0 Å². The second kappa shape index (κ2) is 6.44. The van der Waals surface area contributed by atoms with Crippen molar-refractivity contribution in [2.45, 2.75) is 46.2 Å². The smallest absolute Gasteiger partial charge is 0.139 e. The van der Waals surface area contributed by atoms with E-state index in [1.165, 1.54) is 0 Å². The molecular formula is C16H24BrFN2. The van der Waals surface area contributed by atoms with Crippen LogP contribution >= 0.6 is 15.9 Å². The molecule has 2 unspecified atom stereocenters. The van der Waals surface area contributed by atoms with Crippen LogP contribution in [-0.4, -0.2) is 25.2 Å². The van der Waals surface area contributed by atoms with Crippen molar-refractivity contribution < 1.29 is 4.39 Å². The van der Waals surface area contributed by atoms with E-state index in [0.717, 1.165) is 30.8 Å². The Labute approximate surface area is 129 Å². The molecule has 4 heteroatoms. The number of hydrogen-bond donors (Lipinski definition) is 1. The van der Waals surface area contributed by atoms with E-state index in [1.807, 2.05) is 13.0 Å². The molecule has 1 N–H and O–H groups in total. The highest BCUT2D eigenvalue weighted by molar-refractivity contribution is 9.10. The van der Waals surface area contributed by atoms with Crippen molar-refractivity contribution in [3.8, 4) is 0 Å². The van der Waals surface area contributed by atoms with Gasteiger partial charge in [-0.1, -0.05) is 13.8 Å². The van der Waals surface area contributed by atoms with Crippen molar-refractivity contribution in [2.24, 2.45) is 5.92 Å². The first-order valence-electron chi connectivity index (χ1n) is 7.34. The van der Waals surface area contributed by atoms with Crippen molar-refractivity contribution in [3.05, 3.63) is 28.0 Å². The molecule has 1 saturated heterocycles. The Kier molecular flexibility index (Phi) is 5.08. The van der Waals surface area contributed by atoms with E-state index >= 15 is 0 Å². The number of nitrogens with zero attached hydrogens (tertiary/aromatic N) is 1. The molecule has 20 heavy (non-hydrogen) atoms. The number of aryl methyl sites for hydroxylation is 1. The van der Waals surface area contributed by atoms with E-state index in [0.29, 0.717) is 22.5 Å². The maximum Gasteiger partial charge on any atom is 0.139 e. The van der Waals surface area contributed by atoms with Crippen molar-refractivity contribution in [1.29, 1.82) is 0 Å². The average Bonchev–Trinajstić information content (AvgIpc) is 2.36. The first-order chi connectivity index (χ1) is 9.38. The molecule has 0 bridgehead atoms. The van der Waals surface area contributed by atoms with Crippen LogP contribution < -0.4 is 10.2 Å². The highest BCUT2D eigenvalue weighted by atomic mass is 79.9. The zero-order valence-corrected chi connectivity index (χ0v) is 14.3. The molecule has 1 aromatic carbocycles. The monoisotopic (exact) mass is 342 g/mol.